The molecule has 0 fully saturated rings. The third-order valence-corrected chi connectivity index (χ3v) is 7.27. The van der Waals surface area contributed by atoms with Gasteiger partial charge in [0.1, 0.15) is 5.75 Å². The van der Waals surface area contributed by atoms with Gasteiger partial charge in [-0.2, -0.15) is 0 Å². The molecular weight excluding hydrogens is 456 g/mol. The number of ether oxygens (including phenoxy) is 2. The van der Waals surface area contributed by atoms with Gasteiger partial charge in [0.05, 0.1) is 35.5 Å². The Morgan fingerprint density at radius 3 is 2.38 bits per heavy atom. The van der Waals surface area contributed by atoms with Gasteiger partial charge in [-0.15, -0.1) is 0 Å². The molecule has 0 unspecified atom stereocenters. The first-order chi connectivity index (χ1) is 16.2. The Balaban J connectivity index is 1.69. The van der Waals surface area contributed by atoms with Crippen LogP contribution in [-0.2, 0) is 19.6 Å². The molecule has 8 nitrogen and oxygen atoms in total. The van der Waals surface area contributed by atoms with E-state index in [9.17, 15) is 18.0 Å². The number of esters is 1. The highest BCUT2D eigenvalue weighted by Crippen LogP contribution is 2.38. The average molecular weight is 481 g/mol. The van der Waals surface area contributed by atoms with Gasteiger partial charge in [-0.25, -0.2) is 13.2 Å². The smallest absolute Gasteiger partial charge is 0.339 e. The molecule has 0 aliphatic carbocycles. The number of hydrogen-bond donors (Lipinski definition) is 1. The lowest BCUT2D eigenvalue weighted by Crippen LogP contribution is -2.49. The maximum absolute atomic E-state index is 13.5. The number of carbonyl (C=O) groups excluding carboxylic acids is 2. The van der Waals surface area contributed by atoms with Gasteiger partial charge in [-0.1, -0.05) is 35.9 Å². The lowest BCUT2D eigenvalue weighted by atomic mass is 10.1. The van der Waals surface area contributed by atoms with Crippen LogP contribution >= 0.6 is 0 Å². The number of para-hydroxylation sites is 1. The molecule has 9 heteroatoms. The summed E-state index contributed by atoms with van der Waals surface area (Å²) < 4.78 is 38.9. The fraction of sp³-hybridized carbons (Fsp3) is 0.200. The van der Waals surface area contributed by atoms with Crippen molar-refractivity contribution in [1.29, 1.82) is 0 Å². The maximum Gasteiger partial charge on any atom is 0.339 e. The van der Waals surface area contributed by atoms with E-state index in [0.29, 0.717) is 5.69 Å². The monoisotopic (exact) mass is 480 g/mol. The number of fused-ring (bicyclic) bond motifs is 1. The molecule has 34 heavy (non-hydrogen) atoms. The number of sulfonamides is 1. The van der Waals surface area contributed by atoms with E-state index in [0.717, 1.165) is 11.1 Å². The predicted octanol–water partition coefficient (Wildman–Crippen LogP) is 3.69. The number of benzene rings is 3. The number of anilines is 2. The summed E-state index contributed by atoms with van der Waals surface area (Å²) in [4.78, 5) is 25.3. The Bertz CT molecular complexity index is 1350. The van der Waals surface area contributed by atoms with Crippen molar-refractivity contribution in [3.05, 3.63) is 83.4 Å². The van der Waals surface area contributed by atoms with Crippen LogP contribution in [0.25, 0.3) is 0 Å². The van der Waals surface area contributed by atoms with Crippen molar-refractivity contribution >= 4 is 33.3 Å². The summed E-state index contributed by atoms with van der Waals surface area (Å²) in [6, 6.07) is 18.0. The Morgan fingerprint density at radius 2 is 1.68 bits per heavy atom. The van der Waals surface area contributed by atoms with Crippen LogP contribution in [0.2, 0.25) is 0 Å². The topological polar surface area (TPSA) is 102 Å². The molecule has 0 saturated heterocycles. The van der Waals surface area contributed by atoms with E-state index < -0.39 is 28.0 Å². The molecule has 0 saturated carbocycles. The van der Waals surface area contributed by atoms with Crippen LogP contribution in [0.15, 0.2) is 71.6 Å². The molecule has 3 aromatic rings. The van der Waals surface area contributed by atoms with Crippen molar-refractivity contribution < 1.29 is 27.5 Å². The molecular formula is C25H24N2O6S. The summed E-state index contributed by atoms with van der Waals surface area (Å²) in [5, 5.41) is 2.67. The summed E-state index contributed by atoms with van der Waals surface area (Å²) >= 11 is 0. The third kappa shape index (κ3) is 4.47. The second-order valence-corrected chi connectivity index (χ2v) is 9.82. The maximum atomic E-state index is 13.5. The number of nitrogens with one attached hydrogen (secondary N) is 1. The number of aryl methyl sites for hydroxylation is 2. The lowest BCUT2D eigenvalue weighted by molar-refractivity contribution is -0.122. The van der Waals surface area contributed by atoms with E-state index >= 15 is 0 Å². The van der Waals surface area contributed by atoms with Crippen molar-refractivity contribution in [1.82, 2.24) is 0 Å². The zero-order valence-corrected chi connectivity index (χ0v) is 19.8. The van der Waals surface area contributed by atoms with Crippen molar-refractivity contribution in [3.63, 3.8) is 0 Å². The van der Waals surface area contributed by atoms with Crippen LogP contribution in [0.1, 0.15) is 21.5 Å². The van der Waals surface area contributed by atoms with Crippen molar-refractivity contribution in [2.24, 2.45) is 0 Å². The van der Waals surface area contributed by atoms with E-state index in [1.807, 2.05) is 13.8 Å². The van der Waals surface area contributed by atoms with Gasteiger partial charge in [0.2, 0.25) is 0 Å². The highest BCUT2D eigenvalue weighted by molar-refractivity contribution is 7.92. The zero-order chi connectivity index (χ0) is 24.5. The first-order valence-corrected chi connectivity index (χ1v) is 12.0. The van der Waals surface area contributed by atoms with Crippen molar-refractivity contribution in [3.8, 4) is 5.75 Å². The molecule has 0 aromatic heterocycles. The highest BCUT2D eigenvalue weighted by atomic mass is 32.2. The predicted molar refractivity (Wildman–Crippen MR) is 128 cm³/mol. The Kier molecular flexibility index (Phi) is 6.30. The van der Waals surface area contributed by atoms with Gasteiger partial charge in [0.15, 0.2) is 6.10 Å². The van der Waals surface area contributed by atoms with E-state index in [4.69, 9.17) is 9.47 Å². The molecule has 3 aromatic carbocycles. The summed E-state index contributed by atoms with van der Waals surface area (Å²) in [5.41, 5.74) is 2.55. The number of amides is 1. The number of hydrogen-bond acceptors (Lipinski definition) is 6. The van der Waals surface area contributed by atoms with Gasteiger partial charge in [0, 0.05) is 0 Å². The van der Waals surface area contributed by atoms with Crippen LogP contribution in [0.3, 0.4) is 0 Å². The van der Waals surface area contributed by atoms with Gasteiger partial charge < -0.3 is 14.8 Å². The molecule has 0 radical (unpaired) electrons. The summed E-state index contributed by atoms with van der Waals surface area (Å²) in [6.45, 7) is 3.48. The minimum absolute atomic E-state index is 0.113. The second kappa shape index (κ2) is 9.18. The molecule has 0 spiro atoms. The zero-order valence-electron chi connectivity index (χ0n) is 18.9. The quantitative estimate of drug-likeness (QED) is 0.559. The summed E-state index contributed by atoms with van der Waals surface area (Å²) in [6.07, 6.45) is -1.15. The molecule has 176 valence electrons. The van der Waals surface area contributed by atoms with Crippen LogP contribution in [-0.4, -0.2) is 40.1 Å². The molecule has 4 rings (SSSR count). The van der Waals surface area contributed by atoms with E-state index in [-0.39, 0.29) is 28.4 Å². The Labute approximate surface area is 198 Å². The molecule has 1 amide bonds. The summed E-state index contributed by atoms with van der Waals surface area (Å²) in [5.74, 6) is -0.916. The van der Waals surface area contributed by atoms with Gasteiger partial charge in [-0.3, -0.25) is 9.10 Å². The van der Waals surface area contributed by atoms with E-state index in [1.54, 1.807) is 48.5 Å². The molecule has 1 aliphatic rings. The van der Waals surface area contributed by atoms with E-state index in [1.165, 1.54) is 29.6 Å². The van der Waals surface area contributed by atoms with Gasteiger partial charge >= 0.3 is 5.97 Å². The lowest BCUT2D eigenvalue weighted by Gasteiger charge is -2.35. The van der Waals surface area contributed by atoms with Crippen LogP contribution in [0.4, 0.5) is 11.4 Å². The normalized spacial score (nSPS) is 15.1. The van der Waals surface area contributed by atoms with Crippen LogP contribution < -0.4 is 14.4 Å². The largest absolute Gasteiger partial charge is 0.476 e. The highest BCUT2D eigenvalue weighted by Gasteiger charge is 2.38. The van der Waals surface area contributed by atoms with Crippen molar-refractivity contribution in [2.75, 3.05) is 23.3 Å². The van der Waals surface area contributed by atoms with Gasteiger partial charge in [0.25, 0.3) is 15.9 Å². The average Bonchev–Trinajstić information content (AvgIpc) is 2.83. The number of rotatable bonds is 5. The van der Waals surface area contributed by atoms with Crippen molar-refractivity contribution in [2.45, 2.75) is 24.8 Å². The number of nitrogens with zero attached hydrogens (tertiary/aromatic N) is 1. The SMILES string of the molecule is COC(=O)c1ccccc1NC(=O)[C@@H]1CN(S(=O)(=O)c2ccc(C)cc2)c2ccc(C)cc2O1. The van der Waals surface area contributed by atoms with E-state index in [2.05, 4.69) is 5.32 Å². The Morgan fingerprint density at radius 1 is 1.00 bits per heavy atom. The number of carbonyl (C=O) groups is 2. The minimum atomic E-state index is -3.97. The van der Waals surface area contributed by atoms with Gasteiger partial charge in [-0.05, 0) is 55.8 Å². The van der Waals surface area contributed by atoms with Crippen LogP contribution in [0.5, 0.6) is 5.75 Å². The number of methoxy groups -OCH3 is 1. The molecule has 1 atom stereocenters. The van der Waals surface area contributed by atoms with Crippen LogP contribution in [0, 0.1) is 13.8 Å². The first kappa shape index (κ1) is 23.3. The minimum Gasteiger partial charge on any atom is -0.476 e. The second-order valence-electron chi connectivity index (χ2n) is 7.95. The summed E-state index contributed by atoms with van der Waals surface area (Å²) in [7, 11) is -2.72. The standard InChI is InChI=1S/C25H24N2O6S/c1-16-8-11-18(12-9-16)34(30,31)27-15-23(33-22-14-17(2)10-13-21(22)27)24(28)26-20-7-5-4-6-19(20)25(29)32-3/h4-14,23H,15H2,1-3H3,(H,26,28)/t23-/m0/s1. The molecule has 1 heterocycles. The fourth-order valence-electron chi connectivity index (χ4n) is 3.66. The molecule has 1 aliphatic heterocycles. The third-order valence-electron chi connectivity index (χ3n) is 5.48. The molecule has 0 bridgehead atoms. The Hall–Kier alpha value is -3.85. The fourth-order valence-corrected chi connectivity index (χ4v) is 5.13. The molecule has 1 N–H and O–H groups in total. The first-order valence-electron chi connectivity index (χ1n) is 10.6.